The largest absolute Gasteiger partial charge is 0.316 e. The molecule has 0 fully saturated rings. The van der Waals surface area contributed by atoms with Crippen LogP contribution in [0.1, 0.15) is 33.0 Å². The first-order chi connectivity index (χ1) is 8.15. The summed E-state index contributed by atoms with van der Waals surface area (Å²) < 4.78 is 1.95. The van der Waals surface area contributed by atoms with Crippen LogP contribution < -0.4 is 5.32 Å². The van der Waals surface area contributed by atoms with Crippen LogP contribution in [0.3, 0.4) is 0 Å². The standard InChI is InChI=1S/C13H24N4/c1-5-8-14-10-13(4,6-2)9-12-15-11-16-17(12)7-3/h6,11,14H,2,5,7-10H2,1,3-4H3. The second-order valence-electron chi connectivity index (χ2n) is 4.70. The Bertz CT molecular complexity index is 345. The Morgan fingerprint density at radius 3 is 2.88 bits per heavy atom. The number of rotatable bonds is 8. The molecule has 96 valence electrons. The van der Waals surface area contributed by atoms with Gasteiger partial charge in [-0.05, 0) is 19.9 Å². The zero-order valence-electron chi connectivity index (χ0n) is 11.2. The van der Waals surface area contributed by atoms with E-state index in [2.05, 4.69) is 42.7 Å². The molecule has 1 aromatic rings. The van der Waals surface area contributed by atoms with Crippen molar-refractivity contribution in [2.45, 2.75) is 40.2 Å². The van der Waals surface area contributed by atoms with Gasteiger partial charge in [0.15, 0.2) is 0 Å². The summed E-state index contributed by atoms with van der Waals surface area (Å²) in [5, 5.41) is 7.65. The molecule has 1 atom stereocenters. The molecular formula is C13H24N4. The van der Waals surface area contributed by atoms with Gasteiger partial charge in [-0.1, -0.05) is 19.9 Å². The van der Waals surface area contributed by atoms with Crippen LogP contribution in [-0.4, -0.2) is 27.9 Å². The molecule has 0 radical (unpaired) electrons. The highest BCUT2D eigenvalue weighted by atomic mass is 15.3. The molecule has 0 aromatic carbocycles. The molecule has 0 aliphatic heterocycles. The molecule has 1 unspecified atom stereocenters. The van der Waals surface area contributed by atoms with E-state index in [1.54, 1.807) is 6.33 Å². The number of hydrogen-bond donors (Lipinski definition) is 1. The molecule has 0 spiro atoms. The molecule has 0 amide bonds. The van der Waals surface area contributed by atoms with Crippen molar-refractivity contribution >= 4 is 0 Å². The third-order valence-corrected chi connectivity index (χ3v) is 3.01. The number of nitrogens with zero attached hydrogens (tertiary/aromatic N) is 3. The smallest absolute Gasteiger partial charge is 0.138 e. The topological polar surface area (TPSA) is 42.7 Å². The van der Waals surface area contributed by atoms with E-state index in [1.807, 2.05) is 10.8 Å². The molecular weight excluding hydrogens is 212 g/mol. The molecule has 4 heteroatoms. The van der Waals surface area contributed by atoms with Crippen molar-refractivity contribution < 1.29 is 0 Å². The monoisotopic (exact) mass is 236 g/mol. The van der Waals surface area contributed by atoms with E-state index in [0.29, 0.717) is 0 Å². The first-order valence-corrected chi connectivity index (χ1v) is 6.36. The SMILES string of the molecule is C=CC(C)(CNCCC)Cc1ncnn1CC. The number of aryl methyl sites for hydroxylation is 1. The minimum absolute atomic E-state index is 0.0368. The van der Waals surface area contributed by atoms with Gasteiger partial charge >= 0.3 is 0 Å². The first kappa shape index (κ1) is 13.9. The van der Waals surface area contributed by atoms with Gasteiger partial charge in [0, 0.05) is 24.9 Å². The van der Waals surface area contributed by atoms with E-state index in [4.69, 9.17) is 0 Å². The van der Waals surface area contributed by atoms with E-state index in [-0.39, 0.29) is 5.41 Å². The summed E-state index contributed by atoms with van der Waals surface area (Å²) in [4.78, 5) is 4.32. The van der Waals surface area contributed by atoms with Gasteiger partial charge in [-0.3, -0.25) is 4.68 Å². The lowest BCUT2D eigenvalue weighted by molar-refractivity contribution is 0.374. The minimum Gasteiger partial charge on any atom is -0.316 e. The lowest BCUT2D eigenvalue weighted by atomic mass is 9.86. The molecule has 4 nitrogen and oxygen atoms in total. The quantitative estimate of drug-likeness (QED) is 0.555. The normalized spacial score (nSPS) is 14.5. The van der Waals surface area contributed by atoms with Crippen LogP contribution in [-0.2, 0) is 13.0 Å². The highest BCUT2D eigenvalue weighted by Gasteiger charge is 2.22. The summed E-state index contributed by atoms with van der Waals surface area (Å²) in [6.07, 6.45) is 5.67. The lowest BCUT2D eigenvalue weighted by Gasteiger charge is -2.25. The van der Waals surface area contributed by atoms with Crippen LogP contribution in [0.5, 0.6) is 0 Å². The molecule has 0 aliphatic rings. The van der Waals surface area contributed by atoms with Crippen molar-refractivity contribution in [3.8, 4) is 0 Å². The predicted molar refractivity (Wildman–Crippen MR) is 70.9 cm³/mol. The van der Waals surface area contributed by atoms with Crippen LogP contribution in [0.15, 0.2) is 19.0 Å². The molecule has 0 aliphatic carbocycles. The number of hydrogen-bond acceptors (Lipinski definition) is 3. The van der Waals surface area contributed by atoms with Crippen molar-refractivity contribution in [3.63, 3.8) is 0 Å². The van der Waals surface area contributed by atoms with Gasteiger partial charge in [0.2, 0.25) is 0 Å². The predicted octanol–water partition coefficient (Wildman–Crippen LogP) is 2.03. The van der Waals surface area contributed by atoms with Crippen molar-refractivity contribution in [2.75, 3.05) is 13.1 Å². The fraction of sp³-hybridized carbons (Fsp3) is 0.692. The number of aromatic nitrogens is 3. The van der Waals surface area contributed by atoms with Gasteiger partial charge in [-0.25, -0.2) is 4.98 Å². The molecule has 1 aromatic heterocycles. The Labute approximate surface area is 104 Å². The van der Waals surface area contributed by atoms with Gasteiger partial charge in [0.1, 0.15) is 12.2 Å². The maximum atomic E-state index is 4.32. The van der Waals surface area contributed by atoms with E-state index in [0.717, 1.165) is 38.3 Å². The molecule has 1 heterocycles. The fourth-order valence-corrected chi connectivity index (χ4v) is 1.81. The van der Waals surface area contributed by atoms with Gasteiger partial charge in [0.25, 0.3) is 0 Å². The summed E-state index contributed by atoms with van der Waals surface area (Å²) in [6, 6.07) is 0. The van der Waals surface area contributed by atoms with Gasteiger partial charge < -0.3 is 5.32 Å². The van der Waals surface area contributed by atoms with Crippen LogP contribution in [0, 0.1) is 5.41 Å². The second-order valence-corrected chi connectivity index (χ2v) is 4.70. The molecule has 1 rings (SSSR count). The Kier molecular flexibility index (Phi) is 5.35. The van der Waals surface area contributed by atoms with Crippen molar-refractivity contribution in [1.82, 2.24) is 20.1 Å². The molecule has 0 saturated carbocycles. The molecule has 17 heavy (non-hydrogen) atoms. The molecule has 0 bridgehead atoms. The average Bonchev–Trinajstić information content (AvgIpc) is 2.76. The third-order valence-electron chi connectivity index (χ3n) is 3.01. The Morgan fingerprint density at radius 1 is 1.53 bits per heavy atom. The van der Waals surface area contributed by atoms with Crippen molar-refractivity contribution in [1.29, 1.82) is 0 Å². The zero-order valence-corrected chi connectivity index (χ0v) is 11.2. The summed E-state index contributed by atoms with van der Waals surface area (Å²) >= 11 is 0. The first-order valence-electron chi connectivity index (χ1n) is 6.36. The Morgan fingerprint density at radius 2 is 2.29 bits per heavy atom. The van der Waals surface area contributed by atoms with Gasteiger partial charge in [0.05, 0.1) is 0 Å². The highest BCUT2D eigenvalue weighted by Crippen LogP contribution is 2.21. The maximum Gasteiger partial charge on any atom is 0.138 e. The second kappa shape index (κ2) is 6.55. The fourth-order valence-electron chi connectivity index (χ4n) is 1.81. The average molecular weight is 236 g/mol. The van der Waals surface area contributed by atoms with E-state index < -0.39 is 0 Å². The lowest BCUT2D eigenvalue weighted by Crippen LogP contribution is -2.33. The van der Waals surface area contributed by atoms with Crippen LogP contribution in [0.4, 0.5) is 0 Å². The van der Waals surface area contributed by atoms with Crippen LogP contribution in [0.2, 0.25) is 0 Å². The van der Waals surface area contributed by atoms with Gasteiger partial charge in [-0.15, -0.1) is 6.58 Å². The van der Waals surface area contributed by atoms with E-state index >= 15 is 0 Å². The van der Waals surface area contributed by atoms with Crippen molar-refractivity contribution in [2.24, 2.45) is 5.41 Å². The summed E-state index contributed by atoms with van der Waals surface area (Å²) in [5.41, 5.74) is 0.0368. The van der Waals surface area contributed by atoms with E-state index in [9.17, 15) is 0 Å². The zero-order chi connectivity index (χ0) is 12.7. The molecule has 1 N–H and O–H groups in total. The minimum atomic E-state index is 0.0368. The third kappa shape index (κ3) is 3.97. The van der Waals surface area contributed by atoms with E-state index in [1.165, 1.54) is 0 Å². The summed E-state index contributed by atoms with van der Waals surface area (Å²) in [6.45, 7) is 13.3. The summed E-state index contributed by atoms with van der Waals surface area (Å²) in [5.74, 6) is 1.04. The van der Waals surface area contributed by atoms with Crippen LogP contribution in [0.25, 0.3) is 0 Å². The van der Waals surface area contributed by atoms with Crippen molar-refractivity contribution in [3.05, 3.63) is 24.8 Å². The van der Waals surface area contributed by atoms with Gasteiger partial charge in [-0.2, -0.15) is 5.10 Å². The molecule has 0 saturated heterocycles. The Balaban J connectivity index is 2.64. The summed E-state index contributed by atoms with van der Waals surface area (Å²) in [7, 11) is 0. The van der Waals surface area contributed by atoms with Crippen LogP contribution >= 0.6 is 0 Å². The Hall–Kier alpha value is -1.16. The highest BCUT2D eigenvalue weighted by molar-refractivity contribution is 5.01. The number of nitrogens with one attached hydrogen (secondary N) is 1. The maximum absolute atomic E-state index is 4.32.